The number of nitrogens with one attached hydrogen (secondary N) is 2. The molecular weight excluding hydrogens is 204 g/mol. The summed E-state index contributed by atoms with van der Waals surface area (Å²) in [7, 11) is 1.76. The fourth-order valence-corrected chi connectivity index (χ4v) is 1.09. The zero-order valence-electron chi connectivity index (χ0n) is 10.5. The number of nitrogens with zero attached hydrogens (tertiary/aromatic N) is 2. The van der Waals surface area contributed by atoms with Crippen LogP contribution in [0.15, 0.2) is 12.4 Å². The summed E-state index contributed by atoms with van der Waals surface area (Å²) in [5, 5.41) is 9.93. The van der Waals surface area contributed by atoms with Gasteiger partial charge in [-0.1, -0.05) is 0 Å². The summed E-state index contributed by atoms with van der Waals surface area (Å²) < 4.78 is 1.81. The summed E-state index contributed by atoms with van der Waals surface area (Å²) in [6.07, 6.45) is 3.48. The molecule has 1 rings (SSSR count). The number of aromatic nitrogens is 2. The normalized spacial score (nSPS) is 11.9. The van der Waals surface area contributed by atoms with Crippen molar-refractivity contribution in [1.29, 1.82) is 0 Å². The number of carbonyl (C=O) groups is 1. The van der Waals surface area contributed by atoms with Crippen LogP contribution in [0.1, 0.15) is 33.7 Å². The first-order chi connectivity index (χ1) is 7.36. The molecule has 0 aliphatic carbocycles. The summed E-state index contributed by atoms with van der Waals surface area (Å²) >= 11 is 0. The predicted molar refractivity (Wildman–Crippen MR) is 64.4 cm³/mol. The first-order valence-corrected chi connectivity index (χ1v) is 5.41. The lowest BCUT2D eigenvalue weighted by atomic mass is 10.1. The van der Waals surface area contributed by atoms with Crippen LogP contribution in [0.5, 0.6) is 0 Å². The average Bonchev–Trinajstić information content (AvgIpc) is 2.66. The largest absolute Gasteiger partial charge is 0.322 e. The third-order valence-electron chi connectivity index (χ3n) is 2.58. The predicted octanol–water partition coefficient (Wildman–Crippen LogP) is 1.40. The highest BCUT2D eigenvalue weighted by Crippen LogP contribution is 2.12. The molecule has 0 aliphatic heterocycles. The molecule has 2 N–H and O–H groups in total. The third-order valence-corrected chi connectivity index (χ3v) is 2.58. The Labute approximate surface area is 96.2 Å². The van der Waals surface area contributed by atoms with Crippen LogP contribution in [0, 0.1) is 0 Å². The fraction of sp³-hybridized carbons (Fsp3) is 0.636. The molecule has 5 heteroatoms. The molecule has 0 saturated heterocycles. The fourth-order valence-electron chi connectivity index (χ4n) is 1.09. The second-order valence-electron chi connectivity index (χ2n) is 4.63. The lowest BCUT2D eigenvalue weighted by Gasteiger charge is -2.22. The van der Waals surface area contributed by atoms with Crippen LogP contribution in [0.2, 0.25) is 0 Å². The van der Waals surface area contributed by atoms with Crippen LogP contribution in [0.4, 0.5) is 5.69 Å². The Kier molecular flexibility index (Phi) is 3.70. The molecule has 0 aliphatic rings. The monoisotopic (exact) mass is 224 g/mol. The number of anilines is 1. The molecule has 1 aromatic heterocycles. The zero-order chi connectivity index (χ0) is 12.3. The van der Waals surface area contributed by atoms with Crippen molar-refractivity contribution >= 4 is 11.6 Å². The highest BCUT2D eigenvalue weighted by Gasteiger charge is 2.25. The van der Waals surface area contributed by atoms with E-state index in [4.69, 9.17) is 0 Å². The Morgan fingerprint density at radius 1 is 1.50 bits per heavy atom. The van der Waals surface area contributed by atoms with Gasteiger partial charge in [0.15, 0.2) is 0 Å². The van der Waals surface area contributed by atoms with E-state index in [1.165, 1.54) is 0 Å². The van der Waals surface area contributed by atoms with Crippen molar-refractivity contribution in [2.24, 2.45) is 0 Å². The number of hydrogen-bond acceptors (Lipinski definition) is 3. The first-order valence-electron chi connectivity index (χ1n) is 5.41. The average molecular weight is 224 g/mol. The van der Waals surface area contributed by atoms with E-state index in [1.807, 2.05) is 38.6 Å². The van der Waals surface area contributed by atoms with Gasteiger partial charge >= 0.3 is 0 Å². The van der Waals surface area contributed by atoms with E-state index >= 15 is 0 Å². The zero-order valence-corrected chi connectivity index (χ0v) is 10.5. The second-order valence-corrected chi connectivity index (χ2v) is 4.63. The molecule has 0 bridgehead atoms. The van der Waals surface area contributed by atoms with E-state index < -0.39 is 5.54 Å². The van der Waals surface area contributed by atoms with E-state index in [0.29, 0.717) is 6.04 Å². The first kappa shape index (κ1) is 12.7. The Morgan fingerprint density at radius 3 is 2.56 bits per heavy atom. The van der Waals surface area contributed by atoms with E-state index in [2.05, 4.69) is 15.7 Å². The van der Waals surface area contributed by atoms with Crippen LogP contribution in [-0.2, 0) is 4.79 Å². The van der Waals surface area contributed by atoms with Gasteiger partial charge < -0.3 is 10.6 Å². The number of hydrogen-bond donors (Lipinski definition) is 2. The molecule has 1 amide bonds. The van der Waals surface area contributed by atoms with E-state index in [1.54, 1.807) is 13.2 Å². The standard InChI is InChI=1S/C11H20N4O/c1-8(2)15-7-9(6-13-15)14-10(16)11(3,4)12-5/h6-8,12H,1-5H3,(H,14,16). The summed E-state index contributed by atoms with van der Waals surface area (Å²) in [5.74, 6) is -0.0710. The number of carbonyl (C=O) groups excluding carboxylic acids is 1. The summed E-state index contributed by atoms with van der Waals surface area (Å²) in [6, 6.07) is 0.294. The topological polar surface area (TPSA) is 59.0 Å². The van der Waals surface area contributed by atoms with Crippen LogP contribution in [0.25, 0.3) is 0 Å². The minimum Gasteiger partial charge on any atom is -0.322 e. The summed E-state index contributed by atoms with van der Waals surface area (Å²) in [4.78, 5) is 11.8. The molecule has 0 radical (unpaired) electrons. The Bertz CT molecular complexity index is 368. The number of amides is 1. The van der Waals surface area contributed by atoms with Gasteiger partial charge in [0.05, 0.1) is 17.4 Å². The van der Waals surface area contributed by atoms with Crippen molar-refractivity contribution in [3.8, 4) is 0 Å². The quantitative estimate of drug-likeness (QED) is 0.812. The minimum atomic E-state index is -0.583. The van der Waals surface area contributed by atoms with Gasteiger partial charge in [0.1, 0.15) is 0 Å². The van der Waals surface area contributed by atoms with Crippen LogP contribution in [0.3, 0.4) is 0 Å². The Morgan fingerprint density at radius 2 is 2.12 bits per heavy atom. The Hall–Kier alpha value is -1.36. The second kappa shape index (κ2) is 4.65. The molecule has 16 heavy (non-hydrogen) atoms. The van der Waals surface area contributed by atoms with Crippen molar-refractivity contribution in [3.63, 3.8) is 0 Å². The number of rotatable bonds is 4. The molecule has 1 aromatic rings. The maximum atomic E-state index is 11.8. The lowest BCUT2D eigenvalue weighted by molar-refractivity contribution is -0.121. The van der Waals surface area contributed by atoms with Crippen molar-refractivity contribution in [2.45, 2.75) is 39.3 Å². The summed E-state index contributed by atoms with van der Waals surface area (Å²) in [5.41, 5.74) is 0.141. The van der Waals surface area contributed by atoms with Gasteiger partial charge in [0.2, 0.25) is 5.91 Å². The van der Waals surface area contributed by atoms with Crippen molar-refractivity contribution in [2.75, 3.05) is 12.4 Å². The molecule has 90 valence electrons. The van der Waals surface area contributed by atoms with Crippen molar-refractivity contribution in [1.82, 2.24) is 15.1 Å². The van der Waals surface area contributed by atoms with Crippen LogP contribution < -0.4 is 10.6 Å². The van der Waals surface area contributed by atoms with Gasteiger partial charge in [0, 0.05) is 12.2 Å². The summed E-state index contributed by atoms with van der Waals surface area (Å²) in [6.45, 7) is 7.73. The van der Waals surface area contributed by atoms with Crippen molar-refractivity contribution < 1.29 is 4.79 Å². The lowest BCUT2D eigenvalue weighted by Crippen LogP contribution is -2.47. The maximum absolute atomic E-state index is 11.8. The van der Waals surface area contributed by atoms with Gasteiger partial charge in [-0.15, -0.1) is 0 Å². The van der Waals surface area contributed by atoms with Gasteiger partial charge in [-0.2, -0.15) is 5.10 Å². The smallest absolute Gasteiger partial charge is 0.244 e. The third kappa shape index (κ3) is 2.82. The SMILES string of the molecule is CNC(C)(C)C(=O)Nc1cnn(C(C)C)c1. The maximum Gasteiger partial charge on any atom is 0.244 e. The van der Waals surface area contributed by atoms with Gasteiger partial charge in [-0.25, -0.2) is 0 Å². The molecule has 0 unspecified atom stereocenters. The highest BCUT2D eigenvalue weighted by molar-refractivity contribution is 5.97. The van der Waals surface area contributed by atoms with E-state index in [0.717, 1.165) is 5.69 Å². The molecule has 1 heterocycles. The van der Waals surface area contributed by atoms with Gasteiger partial charge in [-0.05, 0) is 34.7 Å². The van der Waals surface area contributed by atoms with Gasteiger partial charge in [-0.3, -0.25) is 9.48 Å². The number of likely N-dealkylation sites (N-methyl/N-ethyl adjacent to an activating group) is 1. The molecule has 0 aromatic carbocycles. The van der Waals surface area contributed by atoms with Gasteiger partial charge in [0.25, 0.3) is 0 Å². The van der Waals surface area contributed by atoms with Crippen LogP contribution >= 0.6 is 0 Å². The molecule has 0 saturated carbocycles. The molecule has 0 atom stereocenters. The molecule has 0 fully saturated rings. The van der Waals surface area contributed by atoms with E-state index in [9.17, 15) is 4.79 Å². The van der Waals surface area contributed by atoms with E-state index in [-0.39, 0.29) is 5.91 Å². The van der Waals surface area contributed by atoms with Crippen LogP contribution in [-0.4, -0.2) is 28.3 Å². The molecule has 5 nitrogen and oxygen atoms in total. The molecular formula is C11H20N4O. The van der Waals surface area contributed by atoms with Crippen molar-refractivity contribution in [3.05, 3.63) is 12.4 Å². The minimum absolute atomic E-state index is 0.0710. The Balaban J connectivity index is 2.70. The highest BCUT2D eigenvalue weighted by atomic mass is 16.2. The molecule has 0 spiro atoms.